The molecule has 0 saturated heterocycles. The van der Waals surface area contributed by atoms with Crippen molar-refractivity contribution in [1.82, 2.24) is 4.98 Å². The quantitative estimate of drug-likeness (QED) is 0.853. The Labute approximate surface area is 120 Å². The van der Waals surface area contributed by atoms with Crippen LogP contribution in [-0.2, 0) is 0 Å². The summed E-state index contributed by atoms with van der Waals surface area (Å²) in [5.41, 5.74) is 0.525. The van der Waals surface area contributed by atoms with Crippen LogP contribution < -0.4 is 14.8 Å². The van der Waals surface area contributed by atoms with Crippen LogP contribution in [0, 0.1) is 0 Å². The number of hydrogen-bond acceptors (Lipinski definition) is 6. The fraction of sp³-hybridized carbons (Fsp3) is 0.385. The molecule has 2 aromatic rings. The van der Waals surface area contributed by atoms with Crippen molar-refractivity contribution >= 4 is 32.7 Å². The average molecular weight is 296 g/mol. The van der Waals surface area contributed by atoms with E-state index < -0.39 is 5.97 Å². The summed E-state index contributed by atoms with van der Waals surface area (Å²) in [6, 6.07) is 1.44. The summed E-state index contributed by atoms with van der Waals surface area (Å²) in [5.74, 6) is -0.138. The molecule has 0 saturated carbocycles. The lowest BCUT2D eigenvalue weighted by Gasteiger charge is -2.09. The van der Waals surface area contributed by atoms with Crippen molar-refractivity contribution in [2.45, 2.75) is 13.3 Å². The number of benzene rings is 1. The number of nitrogens with one attached hydrogen (secondary N) is 1. The number of hydrogen-bond donors (Lipinski definition) is 2. The molecule has 0 atom stereocenters. The second kappa shape index (κ2) is 5.96. The van der Waals surface area contributed by atoms with Gasteiger partial charge >= 0.3 is 5.97 Å². The van der Waals surface area contributed by atoms with Crippen molar-refractivity contribution < 1.29 is 19.4 Å². The van der Waals surface area contributed by atoms with Crippen molar-refractivity contribution in [3.8, 4) is 11.5 Å². The average Bonchev–Trinajstić information content (AvgIpc) is 2.86. The largest absolute Gasteiger partial charge is 0.493 e. The van der Waals surface area contributed by atoms with E-state index in [0.717, 1.165) is 13.0 Å². The third-order valence-electron chi connectivity index (χ3n) is 2.77. The molecule has 108 valence electrons. The third-order valence-corrected chi connectivity index (χ3v) is 3.78. The molecule has 0 aliphatic carbocycles. The zero-order valence-electron chi connectivity index (χ0n) is 11.5. The van der Waals surface area contributed by atoms with Crippen LogP contribution in [0.25, 0.3) is 10.2 Å². The topological polar surface area (TPSA) is 80.7 Å². The van der Waals surface area contributed by atoms with Crippen LogP contribution in [0.2, 0.25) is 0 Å². The van der Waals surface area contributed by atoms with Gasteiger partial charge in [0.1, 0.15) is 10.2 Å². The van der Waals surface area contributed by atoms with Gasteiger partial charge in [0.15, 0.2) is 16.6 Å². The van der Waals surface area contributed by atoms with Gasteiger partial charge in [-0.05, 0) is 6.42 Å². The van der Waals surface area contributed by atoms with E-state index >= 15 is 0 Å². The van der Waals surface area contributed by atoms with Gasteiger partial charge in [0, 0.05) is 12.6 Å². The van der Waals surface area contributed by atoms with Crippen LogP contribution in [0.15, 0.2) is 6.07 Å². The van der Waals surface area contributed by atoms with E-state index in [1.165, 1.54) is 31.6 Å². The van der Waals surface area contributed by atoms with Gasteiger partial charge in [-0.15, -0.1) is 0 Å². The smallest absolute Gasteiger partial charge is 0.338 e. The van der Waals surface area contributed by atoms with E-state index in [0.29, 0.717) is 26.8 Å². The number of fused-ring (bicyclic) bond motifs is 1. The Morgan fingerprint density at radius 3 is 2.75 bits per heavy atom. The number of carboxylic acid groups (broad SMARTS) is 1. The van der Waals surface area contributed by atoms with Crippen LogP contribution in [0.1, 0.15) is 23.7 Å². The lowest BCUT2D eigenvalue weighted by Crippen LogP contribution is -2.01. The molecule has 1 aromatic heterocycles. The lowest BCUT2D eigenvalue weighted by molar-refractivity contribution is 0.0698. The Morgan fingerprint density at radius 2 is 2.20 bits per heavy atom. The molecule has 0 radical (unpaired) electrons. The van der Waals surface area contributed by atoms with Gasteiger partial charge in [-0.3, -0.25) is 0 Å². The van der Waals surface area contributed by atoms with Gasteiger partial charge in [-0.2, -0.15) is 0 Å². The van der Waals surface area contributed by atoms with E-state index in [1.807, 2.05) is 6.92 Å². The summed E-state index contributed by atoms with van der Waals surface area (Å²) in [4.78, 5) is 15.7. The highest BCUT2D eigenvalue weighted by molar-refractivity contribution is 7.22. The van der Waals surface area contributed by atoms with Crippen molar-refractivity contribution in [1.29, 1.82) is 0 Å². The number of rotatable bonds is 6. The van der Waals surface area contributed by atoms with Crippen molar-refractivity contribution in [2.24, 2.45) is 0 Å². The number of carbonyl (C=O) groups is 1. The minimum atomic E-state index is -1.04. The normalized spacial score (nSPS) is 10.6. The number of carboxylic acids is 1. The molecule has 0 bridgehead atoms. The molecule has 0 spiro atoms. The summed E-state index contributed by atoms with van der Waals surface area (Å²) in [6.07, 6.45) is 0.960. The van der Waals surface area contributed by atoms with E-state index in [2.05, 4.69) is 10.3 Å². The molecule has 0 aliphatic rings. The minimum absolute atomic E-state index is 0.110. The summed E-state index contributed by atoms with van der Waals surface area (Å²) in [7, 11) is 3.00. The predicted molar refractivity (Wildman–Crippen MR) is 78.5 cm³/mol. The molecule has 1 aromatic carbocycles. The number of aromatic carboxylic acids is 1. The first-order valence-electron chi connectivity index (χ1n) is 6.15. The van der Waals surface area contributed by atoms with Crippen LogP contribution in [0.4, 0.5) is 5.13 Å². The fourth-order valence-electron chi connectivity index (χ4n) is 1.85. The predicted octanol–water partition coefficient (Wildman–Crippen LogP) is 2.83. The Balaban J connectivity index is 2.66. The van der Waals surface area contributed by atoms with Gasteiger partial charge in [0.25, 0.3) is 0 Å². The number of methoxy groups -OCH3 is 2. The van der Waals surface area contributed by atoms with Crippen LogP contribution in [0.5, 0.6) is 11.5 Å². The second-order valence-electron chi connectivity index (χ2n) is 4.09. The van der Waals surface area contributed by atoms with E-state index in [4.69, 9.17) is 9.47 Å². The standard InChI is InChI=1S/C13H16N2O4S/c1-4-5-14-13-15-9-7(12(16)17)6-8(18-2)10(19-3)11(9)20-13/h6H,4-5H2,1-3H3,(H,14,15)(H,16,17). The zero-order valence-corrected chi connectivity index (χ0v) is 12.3. The SMILES string of the molecule is CCCNc1nc2c(C(=O)O)cc(OC)c(OC)c2s1. The molecule has 2 rings (SSSR count). The van der Waals surface area contributed by atoms with Crippen molar-refractivity contribution in [2.75, 3.05) is 26.1 Å². The maximum Gasteiger partial charge on any atom is 0.338 e. The molecule has 2 N–H and O–H groups in total. The summed E-state index contributed by atoms with van der Waals surface area (Å²) in [5, 5.41) is 13.1. The van der Waals surface area contributed by atoms with E-state index in [1.54, 1.807) is 0 Å². The van der Waals surface area contributed by atoms with Crippen LogP contribution in [-0.4, -0.2) is 36.8 Å². The lowest BCUT2D eigenvalue weighted by atomic mass is 10.1. The number of nitrogens with zero attached hydrogens (tertiary/aromatic N) is 1. The van der Waals surface area contributed by atoms with Crippen molar-refractivity contribution in [3.05, 3.63) is 11.6 Å². The fourth-order valence-corrected chi connectivity index (χ4v) is 2.88. The molecular formula is C13H16N2O4S. The number of ether oxygens (including phenoxy) is 2. The van der Waals surface area contributed by atoms with Gasteiger partial charge in [0.2, 0.25) is 0 Å². The summed E-state index contributed by atoms with van der Waals surface area (Å²) >= 11 is 1.36. The van der Waals surface area contributed by atoms with E-state index in [-0.39, 0.29) is 5.56 Å². The molecule has 6 nitrogen and oxygen atoms in total. The summed E-state index contributed by atoms with van der Waals surface area (Å²) < 4.78 is 11.2. The molecule has 0 amide bonds. The second-order valence-corrected chi connectivity index (χ2v) is 5.09. The van der Waals surface area contributed by atoms with E-state index in [9.17, 15) is 9.90 Å². The number of thiazole rings is 1. The monoisotopic (exact) mass is 296 g/mol. The molecule has 0 unspecified atom stereocenters. The van der Waals surface area contributed by atoms with Crippen LogP contribution in [0.3, 0.4) is 0 Å². The highest BCUT2D eigenvalue weighted by Crippen LogP contribution is 2.42. The molecule has 0 aliphatic heterocycles. The third kappa shape index (κ3) is 2.49. The first-order chi connectivity index (χ1) is 9.62. The number of anilines is 1. The first-order valence-corrected chi connectivity index (χ1v) is 6.96. The van der Waals surface area contributed by atoms with Gasteiger partial charge in [-0.25, -0.2) is 9.78 Å². The maximum absolute atomic E-state index is 11.4. The highest BCUT2D eigenvalue weighted by atomic mass is 32.1. The molecule has 7 heteroatoms. The Kier molecular flexibility index (Phi) is 4.29. The van der Waals surface area contributed by atoms with Gasteiger partial charge in [0.05, 0.1) is 19.8 Å². The molecule has 0 fully saturated rings. The van der Waals surface area contributed by atoms with Crippen molar-refractivity contribution in [3.63, 3.8) is 0 Å². The maximum atomic E-state index is 11.4. The van der Waals surface area contributed by atoms with Gasteiger partial charge < -0.3 is 19.9 Å². The molecule has 1 heterocycles. The molecule has 20 heavy (non-hydrogen) atoms. The van der Waals surface area contributed by atoms with Gasteiger partial charge in [-0.1, -0.05) is 18.3 Å². The highest BCUT2D eigenvalue weighted by Gasteiger charge is 2.21. The first kappa shape index (κ1) is 14.4. The Morgan fingerprint density at radius 1 is 1.45 bits per heavy atom. The molecular weight excluding hydrogens is 280 g/mol. The van der Waals surface area contributed by atoms with Crippen LogP contribution >= 0.6 is 11.3 Å². The summed E-state index contributed by atoms with van der Waals surface area (Å²) in [6.45, 7) is 2.83. The Hall–Kier alpha value is -2.02. The number of aromatic nitrogens is 1. The zero-order chi connectivity index (χ0) is 14.7. The minimum Gasteiger partial charge on any atom is -0.493 e. The Bertz CT molecular complexity index is 639.